The number of aromatic nitrogens is 1. The van der Waals surface area contributed by atoms with Crippen molar-refractivity contribution >= 4 is 22.5 Å². The van der Waals surface area contributed by atoms with E-state index in [9.17, 15) is 9.90 Å². The number of phenolic OH excluding ortho intramolecular Hbond substituents is 1. The van der Waals surface area contributed by atoms with Gasteiger partial charge in [0.1, 0.15) is 30.6 Å². The molecule has 1 atom stereocenters. The quantitative estimate of drug-likeness (QED) is 0.0853. The Bertz CT molecular complexity index is 2250. The average Bonchev–Trinajstić information content (AvgIpc) is 3.20. The maximum absolute atomic E-state index is 15.1. The maximum atomic E-state index is 15.1. The lowest BCUT2D eigenvalue weighted by molar-refractivity contribution is -0.692. The molecule has 6 rings (SSSR count). The lowest BCUT2D eigenvalue weighted by Crippen LogP contribution is -3.00. The summed E-state index contributed by atoms with van der Waals surface area (Å²) in [6, 6.07) is 34.8. The zero-order valence-electron chi connectivity index (χ0n) is 31.0. The highest BCUT2D eigenvalue weighted by molar-refractivity contribution is 6.07. The Kier molecular flexibility index (Phi) is 13.7. The van der Waals surface area contributed by atoms with E-state index in [-0.39, 0.29) is 59.6 Å². The van der Waals surface area contributed by atoms with Gasteiger partial charge in [0.15, 0.2) is 35.0 Å². The summed E-state index contributed by atoms with van der Waals surface area (Å²) in [5.74, 6) is -0.368. The third-order valence-corrected chi connectivity index (χ3v) is 8.94. The fourth-order valence-electron chi connectivity index (χ4n) is 6.32. The van der Waals surface area contributed by atoms with Crippen LogP contribution < -0.4 is 45.2 Å². The van der Waals surface area contributed by atoms with Gasteiger partial charge in [-0.2, -0.15) is 4.57 Å². The number of aromatic hydroxyl groups is 1. The van der Waals surface area contributed by atoms with Crippen LogP contribution in [0.25, 0.3) is 10.8 Å². The smallest absolute Gasteiger partial charge is 0.372 e. The molecule has 5 aromatic carbocycles. The minimum absolute atomic E-state index is 0. The van der Waals surface area contributed by atoms with Gasteiger partial charge in [-0.05, 0) is 59.3 Å². The Hall–Kier alpha value is -6.07. The van der Waals surface area contributed by atoms with E-state index in [1.165, 1.54) is 19.2 Å². The van der Waals surface area contributed by atoms with Crippen LogP contribution in [0.2, 0.25) is 0 Å². The van der Waals surface area contributed by atoms with Crippen LogP contribution in [0.1, 0.15) is 45.6 Å². The molecule has 0 radical (unpaired) electrons. The number of hydrogen-bond donors (Lipinski definition) is 1. The summed E-state index contributed by atoms with van der Waals surface area (Å²) < 4.78 is 36.4. The highest BCUT2D eigenvalue weighted by atomic mass is 79.9. The Morgan fingerprint density at radius 1 is 0.691 bits per heavy atom. The number of benzene rings is 5. The third-order valence-electron chi connectivity index (χ3n) is 8.94. The minimum Gasteiger partial charge on any atom is -1.00 e. The highest BCUT2D eigenvalue weighted by Crippen LogP contribution is 2.42. The van der Waals surface area contributed by atoms with Crippen LogP contribution in [0.15, 0.2) is 121 Å². The molecule has 284 valence electrons. The van der Waals surface area contributed by atoms with Crippen molar-refractivity contribution in [3.63, 3.8) is 0 Å². The number of hydrogen-bond acceptors (Lipinski definition) is 9. The number of phenols is 1. The van der Waals surface area contributed by atoms with Crippen molar-refractivity contribution in [2.45, 2.75) is 32.6 Å². The zero-order chi connectivity index (χ0) is 38.0. The van der Waals surface area contributed by atoms with Crippen LogP contribution in [-0.2, 0) is 29.3 Å². The summed E-state index contributed by atoms with van der Waals surface area (Å²) in [6.07, 6.45) is 1.74. The number of carbonyl (C=O) groups is 2. The summed E-state index contributed by atoms with van der Waals surface area (Å²) in [5.41, 5.74) is 2.89. The zero-order valence-corrected chi connectivity index (χ0v) is 32.6. The highest BCUT2D eigenvalue weighted by Gasteiger charge is 2.37. The summed E-state index contributed by atoms with van der Waals surface area (Å²) in [5, 5.41) is 12.8. The number of nitrogens with zero attached hydrogens (tertiary/aromatic N) is 1. The molecule has 1 aromatic heterocycles. The summed E-state index contributed by atoms with van der Waals surface area (Å²) in [6.45, 7) is 2.25. The predicted molar refractivity (Wildman–Crippen MR) is 203 cm³/mol. The molecule has 0 saturated carbocycles. The number of ether oxygens (including phenoxy) is 6. The monoisotopic (exact) mass is 807 g/mol. The molecule has 0 amide bonds. The normalized spacial score (nSPS) is 11.2. The topological polar surface area (TPSA) is 114 Å². The van der Waals surface area contributed by atoms with E-state index < -0.39 is 17.7 Å². The summed E-state index contributed by atoms with van der Waals surface area (Å²) >= 11 is 0. The van der Waals surface area contributed by atoms with Crippen LogP contribution in [0.4, 0.5) is 0 Å². The Morgan fingerprint density at radius 2 is 1.31 bits per heavy atom. The van der Waals surface area contributed by atoms with Crippen molar-refractivity contribution in [2.24, 2.45) is 0 Å². The van der Waals surface area contributed by atoms with Crippen molar-refractivity contribution in [1.29, 1.82) is 0 Å². The average molecular weight is 809 g/mol. The molecule has 0 aliphatic heterocycles. The molecule has 55 heavy (non-hydrogen) atoms. The number of ketones is 1. The number of Topliss-reactive ketones (excluding diaryl/α,β-unsaturated/α-hetero) is 1. The summed E-state index contributed by atoms with van der Waals surface area (Å²) in [7, 11) is 4.56. The summed E-state index contributed by atoms with van der Waals surface area (Å²) in [4.78, 5) is 28.2. The standard InChI is InChI=1S/C44H41NO9.BrH/c1-5-52-41(47)26-45-20-19-31-22-39(53-27-29-13-8-6-9-14-29)37(50-3)23-34(31)43(45)42(32-17-12-18-33(21-32)49-2)44(48)35-24-38(51-4)40(25-36(35)46)54-28-30-15-10-7-11-16-30;/h6-25,42H,5,26-28H2,1-4H3;1H. The van der Waals surface area contributed by atoms with Gasteiger partial charge >= 0.3 is 5.97 Å². The van der Waals surface area contributed by atoms with Gasteiger partial charge in [0.25, 0.3) is 0 Å². The first kappa shape index (κ1) is 40.1. The van der Waals surface area contributed by atoms with E-state index in [4.69, 9.17) is 28.4 Å². The molecule has 0 bridgehead atoms. The fourth-order valence-corrected chi connectivity index (χ4v) is 6.32. The van der Waals surface area contributed by atoms with Crippen LogP contribution in [-0.4, -0.2) is 44.8 Å². The number of methoxy groups -OCH3 is 3. The van der Waals surface area contributed by atoms with Gasteiger partial charge in [0.05, 0.1) is 38.9 Å². The van der Waals surface area contributed by atoms with Crippen molar-refractivity contribution in [2.75, 3.05) is 27.9 Å². The fraction of sp³-hybridized carbons (Fsp3) is 0.205. The molecular formula is C44H42BrNO9. The SMILES string of the molecule is CCOC(=O)C[n+]1ccc2cc(OCc3ccccc3)c(OC)cc2c1C(C(=O)c1cc(OC)c(OCc2ccccc2)cc1O)c1cccc(OC)c1.[Br-]. The van der Waals surface area contributed by atoms with Crippen molar-refractivity contribution in [3.8, 4) is 34.5 Å². The lowest BCUT2D eigenvalue weighted by Gasteiger charge is -2.20. The molecule has 0 aliphatic rings. The van der Waals surface area contributed by atoms with Crippen molar-refractivity contribution < 1.29 is 64.7 Å². The van der Waals surface area contributed by atoms with Crippen LogP contribution in [0, 0.1) is 0 Å². The van der Waals surface area contributed by atoms with Gasteiger partial charge in [-0.15, -0.1) is 0 Å². The number of pyridine rings is 1. The van der Waals surface area contributed by atoms with Gasteiger partial charge in [-0.1, -0.05) is 72.8 Å². The van der Waals surface area contributed by atoms with E-state index in [1.807, 2.05) is 72.8 Å². The maximum Gasteiger partial charge on any atom is 0.372 e. The molecule has 1 unspecified atom stereocenters. The molecule has 0 aliphatic carbocycles. The van der Waals surface area contributed by atoms with Gasteiger partial charge in [0, 0.05) is 12.1 Å². The van der Waals surface area contributed by atoms with Crippen LogP contribution >= 0.6 is 0 Å². The van der Waals surface area contributed by atoms with E-state index >= 15 is 4.79 Å². The number of carbonyl (C=O) groups excluding carboxylic acids is 2. The van der Waals surface area contributed by atoms with Crippen molar-refractivity contribution in [3.05, 3.63) is 149 Å². The Balaban J connectivity index is 0.00000580. The van der Waals surface area contributed by atoms with E-state index in [0.717, 1.165) is 16.5 Å². The van der Waals surface area contributed by atoms with Gasteiger partial charge in [-0.3, -0.25) is 4.79 Å². The van der Waals surface area contributed by atoms with E-state index in [2.05, 4.69) is 0 Å². The molecule has 0 fully saturated rings. The van der Waals surface area contributed by atoms with E-state index in [1.54, 1.807) is 62.2 Å². The molecule has 1 N–H and O–H groups in total. The molecule has 0 spiro atoms. The molecule has 6 aromatic rings. The molecule has 11 heteroatoms. The van der Waals surface area contributed by atoms with Crippen molar-refractivity contribution in [1.82, 2.24) is 0 Å². The number of esters is 1. The van der Waals surface area contributed by atoms with Gasteiger partial charge in [0.2, 0.25) is 12.2 Å². The Labute approximate surface area is 330 Å². The first-order valence-electron chi connectivity index (χ1n) is 17.5. The second-order valence-corrected chi connectivity index (χ2v) is 12.4. The number of fused-ring (bicyclic) bond motifs is 1. The second-order valence-electron chi connectivity index (χ2n) is 12.4. The lowest BCUT2D eigenvalue weighted by atomic mass is 9.84. The predicted octanol–water partition coefficient (Wildman–Crippen LogP) is 4.60. The third kappa shape index (κ3) is 9.36. The number of halogens is 1. The van der Waals surface area contributed by atoms with Crippen LogP contribution in [0.5, 0.6) is 34.5 Å². The Morgan fingerprint density at radius 3 is 1.91 bits per heavy atom. The first-order chi connectivity index (χ1) is 26.3. The molecule has 0 saturated heterocycles. The molecular weight excluding hydrogens is 766 g/mol. The second kappa shape index (κ2) is 18.8. The molecule has 1 heterocycles. The van der Waals surface area contributed by atoms with Crippen LogP contribution in [0.3, 0.4) is 0 Å². The van der Waals surface area contributed by atoms with E-state index in [0.29, 0.717) is 40.5 Å². The number of rotatable bonds is 16. The van der Waals surface area contributed by atoms with Gasteiger partial charge < -0.3 is 50.5 Å². The molecule has 10 nitrogen and oxygen atoms in total. The van der Waals surface area contributed by atoms with Gasteiger partial charge in [-0.25, -0.2) is 4.79 Å². The minimum atomic E-state index is -1.08. The largest absolute Gasteiger partial charge is 1.00 e. The first-order valence-corrected chi connectivity index (χ1v) is 17.5.